The van der Waals surface area contributed by atoms with Gasteiger partial charge in [0.05, 0.1) is 20.0 Å². The van der Waals surface area contributed by atoms with Crippen molar-refractivity contribution in [3.05, 3.63) is 18.2 Å². The van der Waals surface area contributed by atoms with Gasteiger partial charge in [-0.2, -0.15) is 0 Å². The van der Waals surface area contributed by atoms with Crippen LogP contribution >= 0.6 is 11.8 Å². The van der Waals surface area contributed by atoms with E-state index in [4.69, 9.17) is 13.9 Å². The van der Waals surface area contributed by atoms with E-state index in [1.54, 1.807) is 26.4 Å². The number of carbonyl (C=O) groups is 1. The number of methoxy groups -OCH3 is 2. The average Bonchev–Trinajstić information content (AvgIpc) is 3.25. The summed E-state index contributed by atoms with van der Waals surface area (Å²) in [6, 6.07) is 5.86. The molecule has 8 heteroatoms. The molecule has 1 saturated heterocycles. The number of thioether (sulfide) groups is 1. The van der Waals surface area contributed by atoms with E-state index in [0.717, 1.165) is 24.9 Å². The second-order valence-electron chi connectivity index (χ2n) is 7.57. The Morgan fingerprint density at radius 3 is 2.76 bits per heavy atom. The molecule has 0 spiro atoms. The monoisotopic (exact) mass is 417 g/mol. The van der Waals surface area contributed by atoms with Crippen LogP contribution < -0.4 is 9.47 Å². The van der Waals surface area contributed by atoms with Crippen LogP contribution in [0.25, 0.3) is 11.5 Å². The Labute approximate surface area is 175 Å². The number of hydrogen-bond donors (Lipinski definition) is 0. The molecule has 29 heavy (non-hydrogen) atoms. The second kappa shape index (κ2) is 9.07. The molecule has 2 aromatic rings. The summed E-state index contributed by atoms with van der Waals surface area (Å²) in [4.78, 5) is 14.9. The zero-order valence-electron chi connectivity index (χ0n) is 16.9. The highest BCUT2D eigenvalue weighted by atomic mass is 32.2. The van der Waals surface area contributed by atoms with E-state index in [1.807, 2.05) is 6.07 Å². The van der Waals surface area contributed by atoms with Crippen LogP contribution in [0.2, 0.25) is 0 Å². The van der Waals surface area contributed by atoms with Gasteiger partial charge in [0.25, 0.3) is 5.22 Å². The minimum absolute atomic E-state index is 0.178. The quantitative estimate of drug-likeness (QED) is 0.657. The number of aromatic nitrogens is 2. The van der Waals surface area contributed by atoms with Crippen LogP contribution in [0.4, 0.5) is 0 Å². The molecule has 0 unspecified atom stereocenters. The molecule has 1 amide bonds. The van der Waals surface area contributed by atoms with E-state index in [0.29, 0.717) is 40.3 Å². The average molecular weight is 418 g/mol. The molecule has 1 aliphatic carbocycles. The van der Waals surface area contributed by atoms with Gasteiger partial charge >= 0.3 is 0 Å². The molecule has 1 saturated carbocycles. The van der Waals surface area contributed by atoms with Crippen LogP contribution in [0.5, 0.6) is 11.5 Å². The molecular weight excluding hydrogens is 390 g/mol. The number of nitrogens with zero attached hydrogens (tertiary/aromatic N) is 3. The van der Waals surface area contributed by atoms with Gasteiger partial charge in [0.1, 0.15) is 0 Å². The molecule has 4 rings (SSSR count). The lowest BCUT2D eigenvalue weighted by Gasteiger charge is -2.44. The summed E-state index contributed by atoms with van der Waals surface area (Å²) in [5, 5.41) is 8.61. The van der Waals surface area contributed by atoms with Gasteiger partial charge in [-0.15, -0.1) is 10.2 Å². The summed E-state index contributed by atoms with van der Waals surface area (Å²) in [6.07, 6.45) is 7.32. The van der Waals surface area contributed by atoms with E-state index in [2.05, 4.69) is 15.1 Å². The molecule has 2 heterocycles. The summed E-state index contributed by atoms with van der Waals surface area (Å²) in [5.74, 6) is 2.82. The molecule has 1 aromatic heterocycles. The Kier molecular flexibility index (Phi) is 6.28. The lowest BCUT2D eigenvalue weighted by molar-refractivity contribution is -0.134. The van der Waals surface area contributed by atoms with Gasteiger partial charge in [-0.25, -0.2) is 0 Å². The van der Waals surface area contributed by atoms with Crippen molar-refractivity contribution in [2.75, 3.05) is 26.5 Å². The Morgan fingerprint density at radius 2 is 1.93 bits per heavy atom. The van der Waals surface area contributed by atoms with Crippen molar-refractivity contribution >= 4 is 17.7 Å². The number of fused-ring (bicyclic) bond motifs is 1. The van der Waals surface area contributed by atoms with Crippen molar-refractivity contribution in [1.82, 2.24) is 15.1 Å². The fraction of sp³-hybridized carbons (Fsp3) is 0.571. The zero-order valence-corrected chi connectivity index (χ0v) is 17.7. The van der Waals surface area contributed by atoms with Crippen LogP contribution in [0.3, 0.4) is 0 Å². The molecule has 0 N–H and O–H groups in total. The number of carbonyl (C=O) groups excluding carboxylic acids is 1. The van der Waals surface area contributed by atoms with E-state index in [1.165, 1.54) is 37.4 Å². The molecule has 2 aliphatic rings. The molecular formula is C21H27N3O4S. The van der Waals surface area contributed by atoms with Crippen molar-refractivity contribution in [2.45, 2.75) is 49.8 Å². The first kappa shape index (κ1) is 20.1. The Bertz CT molecular complexity index is 854. The molecule has 1 aliphatic heterocycles. The van der Waals surface area contributed by atoms with E-state index >= 15 is 0 Å². The maximum atomic E-state index is 12.8. The Balaban J connectivity index is 1.39. The maximum absolute atomic E-state index is 12.8. The Hall–Kier alpha value is -2.22. The highest BCUT2D eigenvalue weighted by Crippen LogP contribution is 2.36. The normalized spacial score (nSPS) is 21.5. The van der Waals surface area contributed by atoms with Crippen LogP contribution in [-0.2, 0) is 4.79 Å². The third-order valence-corrected chi connectivity index (χ3v) is 6.72. The van der Waals surface area contributed by atoms with Crippen molar-refractivity contribution in [2.24, 2.45) is 5.92 Å². The second-order valence-corrected chi connectivity index (χ2v) is 8.50. The highest BCUT2D eigenvalue weighted by molar-refractivity contribution is 7.99. The molecule has 7 nitrogen and oxygen atoms in total. The van der Waals surface area contributed by atoms with Gasteiger partial charge in [-0.05, 0) is 49.8 Å². The standard InChI is InChI=1S/C21H27N3O4S/c1-26-17-10-9-15(12-18(17)27-2)20-22-23-21(28-20)29-13-19(25)24-11-5-7-14-6-3-4-8-16(14)24/h9-10,12,14,16H,3-8,11,13H2,1-2H3/t14-,16-/m0/s1. The van der Waals surface area contributed by atoms with Gasteiger partial charge in [0.15, 0.2) is 11.5 Å². The molecule has 2 fully saturated rings. The van der Waals surface area contributed by atoms with Crippen molar-refractivity contribution in [1.29, 1.82) is 0 Å². The highest BCUT2D eigenvalue weighted by Gasteiger charge is 2.35. The molecule has 0 bridgehead atoms. The first-order valence-electron chi connectivity index (χ1n) is 10.2. The Morgan fingerprint density at radius 1 is 1.14 bits per heavy atom. The zero-order chi connectivity index (χ0) is 20.2. The van der Waals surface area contributed by atoms with Gasteiger partial charge in [-0.3, -0.25) is 4.79 Å². The van der Waals surface area contributed by atoms with Crippen molar-refractivity contribution < 1.29 is 18.7 Å². The van der Waals surface area contributed by atoms with Crippen LogP contribution in [0.1, 0.15) is 38.5 Å². The smallest absolute Gasteiger partial charge is 0.277 e. The summed E-state index contributed by atoms with van der Waals surface area (Å²) < 4.78 is 16.3. The van der Waals surface area contributed by atoms with Gasteiger partial charge in [0, 0.05) is 18.2 Å². The van der Waals surface area contributed by atoms with Crippen LogP contribution in [0, 0.1) is 5.92 Å². The molecule has 156 valence electrons. The predicted octanol–water partition coefficient (Wildman–Crippen LogP) is 4.03. The van der Waals surface area contributed by atoms with Gasteiger partial charge < -0.3 is 18.8 Å². The minimum Gasteiger partial charge on any atom is -0.493 e. The molecule has 0 radical (unpaired) electrons. The topological polar surface area (TPSA) is 77.7 Å². The van der Waals surface area contributed by atoms with Gasteiger partial charge in [0.2, 0.25) is 11.8 Å². The maximum Gasteiger partial charge on any atom is 0.277 e. The summed E-state index contributed by atoms with van der Waals surface area (Å²) >= 11 is 1.31. The van der Waals surface area contributed by atoms with E-state index in [-0.39, 0.29) is 5.91 Å². The number of ether oxygens (including phenoxy) is 2. The number of hydrogen-bond acceptors (Lipinski definition) is 7. The summed E-state index contributed by atoms with van der Waals surface area (Å²) in [6.45, 7) is 0.876. The lowest BCUT2D eigenvalue weighted by Crippen LogP contribution is -2.50. The van der Waals surface area contributed by atoms with Crippen LogP contribution in [0.15, 0.2) is 27.8 Å². The lowest BCUT2D eigenvalue weighted by atomic mass is 9.78. The van der Waals surface area contributed by atoms with Crippen molar-refractivity contribution in [3.63, 3.8) is 0 Å². The fourth-order valence-corrected chi connectivity index (χ4v) is 5.14. The summed E-state index contributed by atoms with van der Waals surface area (Å²) in [5.41, 5.74) is 0.745. The number of rotatable bonds is 6. The largest absolute Gasteiger partial charge is 0.493 e. The summed E-state index contributed by atoms with van der Waals surface area (Å²) in [7, 11) is 3.17. The predicted molar refractivity (Wildman–Crippen MR) is 110 cm³/mol. The third kappa shape index (κ3) is 4.37. The first-order chi connectivity index (χ1) is 14.2. The first-order valence-corrected chi connectivity index (χ1v) is 11.2. The fourth-order valence-electron chi connectivity index (χ4n) is 4.49. The minimum atomic E-state index is 0.178. The SMILES string of the molecule is COc1ccc(-c2nnc(SCC(=O)N3CCC[C@@H]4CCCC[C@@H]43)o2)cc1OC. The number of amides is 1. The van der Waals surface area contributed by atoms with Crippen molar-refractivity contribution in [3.8, 4) is 23.0 Å². The van der Waals surface area contributed by atoms with Crippen LogP contribution in [-0.4, -0.2) is 53.6 Å². The third-order valence-electron chi connectivity index (χ3n) is 5.92. The van der Waals surface area contributed by atoms with E-state index < -0.39 is 0 Å². The number of likely N-dealkylation sites (tertiary alicyclic amines) is 1. The molecule has 2 atom stereocenters. The number of piperidine rings is 1. The number of benzene rings is 1. The van der Waals surface area contributed by atoms with E-state index in [9.17, 15) is 4.79 Å². The molecule has 1 aromatic carbocycles. The van der Waals surface area contributed by atoms with Gasteiger partial charge in [-0.1, -0.05) is 24.6 Å².